The molecule has 1 aromatic rings. The van der Waals surface area contributed by atoms with Crippen LogP contribution in [0.5, 0.6) is 5.75 Å². The van der Waals surface area contributed by atoms with E-state index in [1.54, 1.807) is 6.08 Å². The molecule has 1 aliphatic carbocycles. The summed E-state index contributed by atoms with van der Waals surface area (Å²) >= 11 is 0. The molecule has 0 unspecified atom stereocenters. The SMILES string of the molecule is O=C(CCC/C=C\C[C@@H]1[C@@H](/C=C/[C@@H](O)COc2cccc(C(F)(F)F)c2)[C@H](O)C[C@@H]1O)OCCCCCCO[N+](=O)[O-]. The molecule has 0 heterocycles. The van der Waals surface area contributed by atoms with Crippen LogP contribution >= 0.6 is 0 Å². The highest BCUT2D eigenvalue weighted by Gasteiger charge is 2.39. The van der Waals surface area contributed by atoms with Crippen molar-refractivity contribution in [2.24, 2.45) is 11.8 Å². The van der Waals surface area contributed by atoms with Crippen molar-refractivity contribution in [3.63, 3.8) is 0 Å². The second-order valence-corrected chi connectivity index (χ2v) is 10.2. The Morgan fingerprint density at radius 2 is 1.83 bits per heavy atom. The first-order valence-electron chi connectivity index (χ1n) is 14.1. The lowest BCUT2D eigenvalue weighted by Gasteiger charge is -2.19. The maximum atomic E-state index is 12.9. The molecule has 0 aliphatic heterocycles. The average molecular weight is 604 g/mol. The molecule has 0 aromatic heterocycles. The van der Waals surface area contributed by atoms with Crippen LogP contribution in [0.15, 0.2) is 48.6 Å². The minimum Gasteiger partial charge on any atom is -0.491 e. The van der Waals surface area contributed by atoms with Crippen LogP contribution in [0.2, 0.25) is 0 Å². The number of benzene rings is 1. The zero-order chi connectivity index (χ0) is 31.0. The van der Waals surface area contributed by atoms with E-state index in [2.05, 4.69) is 4.84 Å². The number of unbranched alkanes of at least 4 members (excludes halogenated alkanes) is 4. The van der Waals surface area contributed by atoms with Gasteiger partial charge in [0, 0.05) is 18.8 Å². The lowest BCUT2D eigenvalue weighted by molar-refractivity contribution is -0.757. The molecule has 5 atom stereocenters. The van der Waals surface area contributed by atoms with Gasteiger partial charge in [-0.2, -0.15) is 13.2 Å². The molecule has 0 bridgehead atoms. The van der Waals surface area contributed by atoms with Crippen LogP contribution in [0.1, 0.15) is 63.4 Å². The van der Waals surface area contributed by atoms with E-state index in [0.717, 1.165) is 25.0 Å². The number of carbonyl (C=O) groups is 1. The topological polar surface area (TPSA) is 149 Å². The van der Waals surface area contributed by atoms with E-state index in [-0.39, 0.29) is 43.7 Å². The number of hydrogen-bond donors (Lipinski definition) is 3. The summed E-state index contributed by atoms with van der Waals surface area (Å²) in [6.07, 6.45) is 4.52. The Balaban J connectivity index is 1.66. The van der Waals surface area contributed by atoms with Crippen molar-refractivity contribution in [2.75, 3.05) is 19.8 Å². The van der Waals surface area contributed by atoms with Gasteiger partial charge in [0.25, 0.3) is 5.09 Å². The van der Waals surface area contributed by atoms with Crippen molar-refractivity contribution >= 4 is 5.97 Å². The van der Waals surface area contributed by atoms with Crippen LogP contribution in [0, 0.1) is 22.0 Å². The fourth-order valence-electron chi connectivity index (χ4n) is 4.65. The van der Waals surface area contributed by atoms with Crippen LogP contribution in [0.25, 0.3) is 0 Å². The smallest absolute Gasteiger partial charge is 0.416 e. The summed E-state index contributed by atoms with van der Waals surface area (Å²) in [6.45, 7) is 0.0802. The van der Waals surface area contributed by atoms with Crippen molar-refractivity contribution < 1.29 is 52.7 Å². The Morgan fingerprint density at radius 3 is 2.55 bits per heavy atom. The Kier molecular flexibility index (Phi) is 15.3. The van der Waals surface area contributed by atoms with Crippen molar-refractivity contribution in [3.05, 3.63) is 64.2 Å². The van der Waals surface area contributed by atoms with Crippen molar-refractivity contribution in [1.82, 2.24) is 0 Å². The predicted molar refractivity (Wildman–Crippen MR) is 146 cm³/mol. The Labute approximate surface area is 242 Å². The van der Waals surface area contributed by atoms with Crippen molar-refractivity contribution in [1.29, 1.82) is 0 Å². The van der Waals surface area contributed by atoms with Crippen molar-refractivity contribution in [2.45, 2.75) is 82.3 Å². The highest BCUT2D eigenvalue weighted by molar-refractivity contribution is 5.69. The third kappa shape index (κ3) is 13.7. The van der Waals surface area contributed by atoms with E-state index < -0.39 is 41.1 Å². The molecule has 1 aromatic carbocycles. The molecule has 10 nitrogen and oxygen atoms in total. The van der Waals surface area contributed by atoms with Gasteiger partial charge in [0.1, 0.15) is 18.5 Å². The molecule has 236 valence electrons. The lowest BCUT2D eigenvalue weighted by atomic mass is 9.89. The van der Waals surface area contributed by atoms with Gasteiger partial charge in [-0.05, 0) is 62.6 Å². The van der Waals surface area contributed by atoms with Crippen LogP contribution in [0.3, 0.4) is 0 Å². The molecule has 1 saturated carbocycles. The Morgan fingerprint density at radius 1 is 1.10 bits per heavy atom. The third-order valence-electron chi connectivity index (χ3n) is 6.88. The molecule has 3 N–H and O–H groups in total. The van der Waals surface area contributed by atoms with Crippen LogP contribution in [-0.4, -0.2) is 64.5 Å². The predicted octanol–water partition coefficient (Wildman–Crippen LogP) is 4.79. The van der Waals surface area contributed by atoms with E-state index in [1.165, 1.54) is 18.2 Å². The molecule has 1 aliphatic rings. The number of halogens is 3. The number of rotatable bonds is 19. The summed E-state index contributed by atoms with van der Waals surface area (Å²) in [4.78, 5) is 26.1. The number of nitrogens with zero attached hydrogens (tertiary/aromatic N) is 1. The molecule has 13 heteroatoms. The number of ether oxygens (including phenoxy) is 2. The first kappa shape index (κ1) is 35.0. The first-order valence-corrected chi connectivity index (χ1v) is 14.1. The zero-order valence-corrected chi connectivity index (χ0v) is 23.4. The molecular formula is C29H40F3NO9. The number of alkyl halides is 3. The Hall–Kier alpha value is -3.16. The molecule has 0 radical (unpaired) electrons. The number of carbonyl (C=O) groups excluding carboxylic acids is 1. The van der Waals surface area contributed by atoms with Crippen molar-refractivity contribution in [3.8, 4) is 5.75 Å². The van der Waals surface area contributed by atoms with Gasteiger partial charge in [-0.3, -0.25) is 4.79 Å². The van der Waals surface area contributed by atoms with E-state index in [0.29, 0.717) is 38.7 Å². The normalized spacial score (nSPS) is 21.6. The van der Waals surface area contributed by atoms with Crippen LogP contribution < -0.4 is 4.74 Å². The summed E-state index contributed by atoms with van der Waals surface area (Å²) in [5, 5.41) is 40.2. The van der Waals surface area contributed by atoms with E-state index in [1.807, 2.05) is 12.2 Å². The maximum absolute atomic E-state index is 12.9. The van der Waals surface area contributed by atoms with Gasteiger partial charge in [0.2, 0.25) is 0 Å². The first-order chi connectivity index (χ1) is 20.0. The van der Waals surface area contributed by atoms with E-state index in [4.69, 9.17) is 9.47 Å². The summed E-state index contributed by atoms with van der Waals surface area (Å²) in [7, 11) is 0. The highest BCUT2D eigenvalue weighted by atomic mass is 19.4. The van der Waals surface area contributed by atoms with Crippen LogP contribution in [-0.2, 0) is 20.5 Å². The van der Waals surface area contributed by atoms with Gasteiger partial charge in [-0.15, -0.1) is 10.1 Å². The Bertz CT molecular complexity index is 1020. The minimum atomic E-state index is -4.50. The number of allylic oxidation sites excluding steroid dienone is 2. The molecular weight excluding hydrogens is 563 g/mol. The van der Waals surface area contributed by atoms with Crippen LogP contribution in [0.4, 0.5) is 13.2 Å². The summed E-state index contributed by atoms with van der Waals surface area (Å²) in [5.41, 5.74) is -0.854. The molecule has 0 saturated heterocycles. The number of esters is 1. The number of hydrogen-bond acceptors (Lipinski definition) is 9. The van der Waals surface area contributed by atoms with E-state index in [9.17, 15) is 43.4 Å². The second-order valence-electron chi connectivity index (χ2n) is 10.2. The van der Waals surface area contributed by atoms with Gasteiger partial charge < -0.3 is 29.6 Å². The molecule has 2 rings (SSSR count). The summed E-state index contributed by atoms with van der Waals surface area (Å²) in [5.74, 6) is -1.04. The van der Waals surface area contributed by atoms with Gasteiger partial charge >= 0.3 is 12.1 Å². The average Bonchev–Trinajstić information content (AvgIpc) is 3.20. The fraction of sp³-hybridized carbons (Fsp3) is 0.621. The maximum Gasteiger partial charge on any atom is 0.416 e. The largest absolute Gasteiger partial charge is 0.491 e. The highest BCUT2D eigenvalue weighted by Crippen LogP contribution is 2.36. The zero-order valence-electron chi connectivity index (χ0n) is 23.4. The summed E-state index contributed by atoms with van der Waals surface area (Å²) in [6, 6.07) is 4.36. The molecule has 0 spiro atoms. The van der Waals surface area contributed by atoms with Gasteiger partial charge in [-0.25, -0.2) is 0 Å². The standard InChI is InChI=1S/C29H40F3NO9/c30-29(31,32)21-10-9-11-23(18-21)41-20-22(34)14-15-25-24(26(35)19-27(25)36)12-5-1-2-6-13-28(37)40-16-7-3-4-8-17-42-33(38)39/h1,5,9-11,14-15,18,22,24-27,34-36H,2-4,6-8,12-13,16-17,19-20H2/b5-1-,15-14+/t22-,24-,25-,26+,27-/m1/s1. The van der Waals surface area contributed by atoms with E-state index >= 15 is 0 Å². The minimum absolute atomic E-state index is 0.0276. The molecule has 42 heavy (non-hydrogen) atoms. The van der Waals surface area contributed by atoms with Gasteiger partial charge in [0.15, 0.2) is 0 Å². The quantitative estimate of drug-likeness (QED) is 0.0667. The number of aliphatic hydroxyl groups excluding tert-OH is 3. The molecule has 0 amide bonds. The molecule has 1 fully saturated rings. The number of aliphatic hydroxyl groups is 3. The monoisotopic (exact) mass is 603 g/mol. The van der Waals surface area contributed by atoms with Gasteiger partial charge in [0.05, 0.1) is 31.0 Å². The van der Waals surface area contributed by atoms with Gasteiger partial charge in [-0.1, -0.05) is 36.8 Å². The summed E-state index contributed by atoms with van der Waals surface area (Å²) < 4.78 is 49.0. The third-order valence-corrected chi connectivity index (χ3v) is 6.88. The lowest BCUT2D eigenvalue weighted by Crippen LogP contribution is -2.21. The second kappa shape index (κ2) is 18.4. The fourth-order valence-corrected chi connectivity index (χ4v) is 4.65.